The lowest BCUT2D eigenvalue weighted by molar-refractivity contribution is 0.366. The Balaban J connectivity index is 2.12. The van der Waals surface area contributed by atoms with Gasteiger partial charge in [0, 0.05) is 23.4 Å². The third kappa shape index (κ3) is 3.01. The second-order valence-electron chi connectivity index (χ2n) is 4.99. The van der Waals surface area contributed by atoms with E-state index in [0.29, 0.717) is 12.1 Å². The predicted molar refractivity (Wildman–Crippen MR) is 79.4 cm³/mol. The molecule has 3 unspecified atom stereocenters. The summed E-state index contributed by atoms with van der Waals surface area (Å²) in [5, 5.41) is 3.81. The van der Waals surface area contributed by atoms with Crippen LogP contribution in [0.2, 0.25) is 0 Å². The molecule has 0 amide bonds. The monoisotopic (exact) mass is 265 g/mol. The highest BCUT2D eigenvalue weighted by Gasteiger charge is 2.26. The van der Waals surface area contributed by atoms with E-state index >= 15 is 0 Å². The average molecular weight is 265 g/mol. The predicted octanol–water partition coefficient (Wildman–Crippen LogP) is 3.49. The van der Waals surface area contributed by atoms with Crippen LogP contribution < -0.4 is 10.1 Å². The maximum absolute atomic E-state index is 5.47. The summed E-state index contributed by atoms with van der Waals surface area (Å²) in [7, 11) is 1.75. The first-order chi connectivity index (χ1) is 8.76. The molecule has 1 aliphatic heterocycles. The molecule has 0 bridgehead atoms. The first-order valence-electron chi connectivity index (χ1n) is 6.73. The maximum atomic E-state index is 5.47. The molecule has 0 radical (unpaired) electrons. The molecule has 1 aliphatic rings. The quantitative estimate of drug-likeness (QED) is 0.880. The summed E-state index contributed by atoms with van der Waals surface area (Å²) in [5.41, 5.74) is 1.28. The van der Waals surface area contributed by atoms with Crippen molar-refractivity contribution in [3.63, 3.8) is 0 Å². The molecule has 1 aromatic carbocycles. The van der Waals surface area contributed by atoms with Crippen LogP contribution in [0.3, 0.4) is 0 Å². The number of methoxy groups -OCH3 is 1. The fraction of sp³-hybridized carbons (Fsp3) is 0.600. The SMILES string of the molecule is CCC(NC1CSCC1C)c1ccccc1OC. The number of benzene rings is 1. The molecule has 100 valence electrons. The van der Waals surface area contributed by atoms with Crippen molar-refractivity contribution < 1.29 is 4.74 Å². The van der Waals surface area contributed by atoms with Crippen molar-refractivity contribution in [3.8, 4) is 5.75 Å². The van der Waals surface area contributed by atoms with Crippen LogP contribution in [0.4, 0.5) is 0 Å². The first kappa shape index (κ1) is 13.8. The topological polar surface area (TPSA) is 21.3 Å². The minimum absolute atomic E-state index is 0.396. The molecule has 0 aliphatic carbocycles. The van der Waals surface area contributed by atoms with Crippen LogP contribution in [0.5, 0.6) is 5.75 Å². The van der Waals surface area contributed by atoms with Crippen molar-refractivity contribution in [2.75, 3.05) is 18.6 Å². The van der Waals surface area contributed by atoms with Crippen LogP contribution in [-0.2, 0) is 0 Å². The fourth-order valence-electron chi connectivity index (χ4n) is 2.51. The number of hydrogen-bond donors (Lipinski definition) is 1. The molecule has 2 nitrogen and oxygen atoms in total. The van der Waals surface area contributed by atoms with Crippen molar-refractivity contribution in [1.29, 1.82) is 0 Å². The van der Waals surface area contributed by atoms with Crippen molar-refractivity contribution >= 4 is 11.8 Å². The van der Waals surface area contributed by atoms with E-state index in [9.17, 15) is 0 Å². The molecule has 0 saturated carbocycles. The van der Waals surface area contributed by atoms with Gasteiger partial charge in [-0.3, -0.25) is 0 Å². The second-order valence-corrected chi connectivity index (χ2v) is 6.07. The molecule has 3 heteroatoms. The maximum Gasteiger partial charge on any atom is 0.123 e. The first-order valence-corrected chi connectivity index (χ1v) is 7.88. The summed E-state index contributed by atoms with van der Waals surface area (Å²) in [6, 6.07) is 9.37. The van der Waals surface area contributed by atoms with Gasteiger partial charge in [0.15, 0.2) is 0 Å². The molecule has 0 aromatic heterocycles. The molecule has 1 saturated heterocycles. The van der Waals surface area contributed by atoms with E-state index in [4.69, 9.17) is 4.74 Å². The standard InChI is InChI=1S/C15H23NOS/c1-4-13(16-14-10-18-9-11(14)2)12-7-5-6-8-15(12)17-3/h5-8,11,13-14,16H,4,9-10H2,1-3H3. The van der Waals surface area contributed by atoms with E-state index < -0.39 is 0 Å². The van der Waals surface area contributed by atoms with E-state index in [1.165, 1.54) is 17.1 Å². The summed E-state index contributed by atoms with van der Waals surface area (Å²) in [6.07, 6.45) is 1.09. The van der Waals surface area contributed by atoms with E-state index in [2.05, 4.69) is 43.1 Å². The Morgan fingerprint density at radius 3 is 2.78 bits per heavy atom. The van der Waals surface area contributed by atoms with Gasteiger partial charge in [0.05, 0.1) is 7.11 Å². The highest BCUT2D eigenvalue weighted by molar-refractivity contribution is 7.99. The number of hydrogen-bond acceptors (Lipinski definition) is 3. The normalized spacial score (nSPS) is 25.1. The molecule has 0 spiro atoms. The zero-order valence-electron chi connectivity index (χ0n) is 11.5. The van der Waals surface area contributed by atoms with E-state index in [0.717, 1.165) is 18.1 Å². The van der Waals surface area contributed by atoms with E-state index in [1.807, 2.05) is 12.1 Å². The highest BCUT2D eigenvalue weighted by Crippen LogP contribution is 2.30. The van der Waals surface area contributed by atoms with Crippen LogP contribution in [0.15, 0.2) is 24.3 Å². The average Bonchev–Trinajstić information content (AvgIpc) is 2.81. The molecule has 1 N–H and O–H groups in total. The Bertz CT molecular complexity index is 383. The van der Waals surface area contributed by atoms with Gasteiger partial charge in [-0.05, 0) is 24.2 Å². The number of ether oxygens (including phenoxy) is 1. The molecule has 2 rings (SSSR count). The largest absolute Gasteiger partial charge is 0.496 e. The van der Waals surface area contributed by atoms with Gasteiger partial charge in [-0.2, -0.15) is 11.8 Å². The van der Waals surface area contributed by atoms with Crippen molar-refractivity contribution in [2.24, 2.45) is 5.92 Å². The molecular weight excluding hydrogens is 242 g/mol. The number of nitrogens with one attached hydrogen (secondary N) is 1. The zero-order valence-corrected chi connectivity index (χ0v) is 12.3. The van der Waals surface area contributed by atoms with Gasteiger partial charge >= 0.3 is 0 Å². The van der Waals surface area contributed by atoms with Gasteiger partial charge in [0.2, 0.25) is 0 Å². The number of para-hydroxylation sites is 1. The Hall–Kier alpha value is -0.670. The third-order valence-electron chi connectivity index (χ3n) is 3.70. The highest BCUT2D eigenvalue weighted by atomic mass is 32.2. The lowest BCUT2D eigenvalue weighted by Gasteiger charge is -2.25. The second kappa shape index (κ2) is 6.48. The Morgan fingerprint density at radius 2 is 2.17 bits per heavy atom. The summed E-state index contributed by atoms with van der Waals surface area (Å²) in [6.45, 7) is 4.57. The van der Waals surface area contributed by atoms with Crippen LogP contribution >= 0.6 is 11.8 Å². The fourth-order valence-corrected chi connectivity index (χ4v) is 3.93. The molecule has 18 heavy (non-hydrogen) atoms. The Morgan fingerprint density at radius 1 is 1.39 bits per heavy atom. The third-order valence-corrected chi connectivity index (χ3v) is 5.06. The van der Waals surface area contributed by atoms with Gasteiger partial charge in [0.1, 0.15) is 5.75 Å². The van der Waals surface area contributed by atoms with Crippen LogP contribution in [0, 0.1) is 5.92 Å². The molecule has 1 fully saturated rings. The summed E-state index contributed by atoms with van der Waals surface area (Å²) in [4.78, 5) is 0. The van der Waals surface area contributed by atoms with E-state index in [1.54, 1.807) is 7.11 Å². The van der Waals surface area contributed by atoms with Crippen LogP contribution in [0.1, 0.15) is 31.9 Å². The number of rotatable bonds is 5. The van der Waals surface area contributed by atoms with Crippen molar-refractivity contribution in [3.05, 3.63) is 29.8 Å². The van der Waals surface area contributed by atoms with Gasteiger partial charge in [-0.25, -0.2) is 0 Å². The van der Waals surface area contributed by atoms with Gasteiger partial charge < -0.3 is 10.1 Å². The Labute approximate surface area is 114 Å². The minimum Gasteiger partial charge on any atom is -0.496 e. The molecule has 1 aromatic rings. The minimum atomic E-state index is 0.396. The summed E-state index contributed by atoms with van der Waals surface area (Å²) < 4.78 is 5.47. The van der Waals surface area contributed by atoms with Crippen LogP contribution in [-0.4, -0.2) is 24.7 Å². The Kier molecular flexibility index (Phi) is 4.95. The number of thioether (sulfide) groups is 1. The van der Waals surface area contributed by atoms with Crippen molar-refractivity contribution in [1.82, 2.24) is 5.32 Å². The van der Waals surface area contributed by atoms with Gasteiger partial charge in [-0.1, -0.05) is 32.0 Å². The van der Waals surface area contributed by atoms with Crippen LogP contribution in [0.25, 0.3) is 0 Å². The van der Waals surface area contributed by atoms with E-state index in [-0.39, 0.29) is 0 Å². The molecular formula is C15H23NOS. The lowest BCUT2D eigenvalue weighted by atomic mass is 9.99. The summed E-state index contributed by atoms with van der Waals surface area (Å²) >= 11 is 2.05. The van der Waals surface area contributed by atoms with Gasteiger partial charge in [0.25, 0.3) is 0 Å². The molecule has 3 atom stereocenters. The van der Waals surface area contributed by atoms with Crippen molar-refractivity contribution in [2.45, 2.75) is 32.4 Å². The smallest absolute Gasteiger partial charge is 0.123 e. The van der Waals surface area contributed by atoms with Gasteiger partial charge in [-0.15, -0.1) is 0 Å². The molecule has 1 heterocycles. The lowest BCUT2D eigenvalue weighted by Crippen LogP contribution is -2.37. The zero-order chi connectivity index (χ0) is 13.0. The summed E-state index contributed by atoms with van der Waals surface area (Å²) in [5.74, 6) is 4.27.